The Kier molecular flexibility index (Phi) is 5.41. The van der Waals surface area contributed by atoms with E-state index in [0.29, 0.717) is 18.7 Å². The molecule has 1 rings (SSSR count). The fourth-order valence-electron chi connectivity index (χ4n) is 1.53. The van der Waals surface area contributed by atoms with Crippen LogP contribution in [0, 0.1) is 0 Å². The van der Waals surface area contributed by atoms with Gasteiger partial charge < -0.3 is 26.0 Å². The molecule has 6 heteroatoms. The maximum atomic E-state index is 10.4. The maximum absolute atomic E-state index is 10.4. The lowest BCUT2D eigenvalue weighted by atomic mass is 10.1. The highest BCUT2D eigenvalue weighted by Gasteiger charge is 2.10. The second kappa shape index (κ2) is 6.83. The third-order valence-corrected chi connectivity index (χ3v) is 2.42. The second-order valence-electron chi connectivity index (χ2n) is 3.94. The Labute approximate surface area is 105 Å². The van der Waals surface area contributed by atoms with Crippen LogP contribution in [0.15, 0.2) is 18.2 Å². The van der Waals surface area contributed by atoms with Gasteiger partial charge in [-0.25, -0.2) is 0 Å². The van der Waals surface area contributed by atoms with Gasteiger partial charge in [0.25, 0.3) is 0 Å². The molecule has 0 radical (unpaired) electrons. The van der Waals surface area contributed by atoms with Crippen LogP contribution < -0.4 is 11.1 Å². The van der Waals surface area contributed by atoms with Crippen molar-refractivity contribution in [2.24, 2.45) is 5.73 Å². The molecule has 0 saturated carbocycles. The minimum Gasteiger partial charge on any atom is -0.508 e. The molecular weight excluding hydrogens is 236 g/mol. The molecular formula is C12H18N2O4. The first kappa shape index (κ1) is 14.3. The number of benzene rings is 1. The summed E-state index contributed by atoms with van der Waals surface area (Å²) in [5, 5.41) is 21.9. The molecule has 0 aliphatic carbocycles. The lowest BCUT2D eigenvalue weighted by Gasteiger charge is -2.15. The number of carbonyl (C=O) groups is 1. The van der Waals surface area contributed by atoms with Gasteiger partial charge in [0.1, 0.15) is 18.1 Å². The van der Waals surface area contributed by atoms with Gasteiger partial charge >= 0.3 is 0 Å². The molecule has 100 valence electrons. The highest BCUT2D eigenvalue weighted by Crippen LogP contribution is 2.27. The Hall–Kier alpha value is -1.79. The third kappa shape index (κ3) is 4.60. The first-order valence-corrected chi connectivity index (χ1v) is 5.62. The summed E-state index contributed by atoms with van der Waals surface area (Å²) in [6.07, 6.45) is 0. The molecule has 1 aromatic carbocycles. The van der Waals surface area contributed by atoms with E-state index in [1.165, 1.54) is 12.1 Å². The quantitative estimate of drug-likeness (QED) is 0.522. The van der Waals surface area contributed by atoms with Crippen molar-refractivity contribution in [1.82, 2.24) is 5.32 Å². The number of nitrogens with one attached hydrogen (secondary N) is 1. The van der Waals surface area contributed by atoms with Crippen molar-refractivity contribution in [3.05, 3.63) is 23.8 Å². The number of amides is 1. The molecule has 0 aliphatic heterocycles. The molecule has 1 aromatic rings. The van der Waals surface area contributed by atoms with Crippen molar-refractivity contribution in [3.8, 4) is 11.5 Å². The van der Waals surface area contributed by atoms with E-state index in [9.17, 15) is 15.0 Å². The summed E-state index contributed by atoms with van der Waals surface area (Å²) in [5.41, 5.74) is 5.60. The Balaban J connectivity index is 2.36. The number of ether oxygens (including phenoxy) is 1. The average molecular weight is 254 g/mol. The molecule has 0 heterocycles. The molecule has 0 bridgehead atoms. The largest absolute Gasteiger partial charge is 0.508 e. The summed E-state index contributed by atoms with van der Waals surface area (Å²) >= 11 is 0. The van der Waals surface area contributed by atoms with Gasteiger partial charge in [-0.2, -0.15) is 0 Å². The van der Waals surface area contributed by atoms with E-state index in [1.807, 2.05) is 6.92 Å². The number of hydrogen-bond donors (Lipinski definition) is 4. The van der Waals surface area contributed by atoms with Crippen molar-refractivity contribution in [3.63, 3.8) is 0 Å². The summed E-state index contributed by atoms with van der Waals surface area (Å²) in [5.74, 6) is -0.444. The number of carbonyl (C=O) groups excluding carboxylic acids is 1. The zero-order valence-corrected chi connectivity index (χ0v) is 10.2. The maximum Gasteiger partial charge on any atom is 0.243 e. The zero-order chi connectivity index (χ0) is 13.5. The topological polar surface area (TPSA) is 105 Å². The van der Waals surface area contributed by atoms with E-state index in [1.54, 1.807) is 6.07 Å². The van der Waals surface area contributed by atoms with Gasteiger partial charge in [-0.05, 0) is 13.0 Å². The minimum atomic E-state index is -0.501. The number of hydrogen-bond acceptors (Lipinski definition) is 5. The van der Waals surface area contributed by atoms with Crippen LogP contribution in [-0.4, -0.2) is 35.9 Å². The van der Waals surface area contributed by atoms with E-state index in [-0.39, 0.29) is 24.1 Å². The Morgan fingerprint density at radius 2 is 2.22 bits per heavy atom. The molecule has 0 aromatic heterocycles. The van der Waals surface area contributed by atoms with Gasteiger partial charge in [0.2, 0.25) is 5.91 Å². The Morgan fingerprint density at radius 3 is 2.83 bits per heavy atom. The van der Waals surface area contributed by atoms with Crippen LogP contribution >= 0.6 is 0 Å². The molecule has 0 spiro atoms. The van der Waals surface area contributed by atoms with Crippen molar-refractivity contribution < 1.29 is 19.7 Å². The molecule has 0 aliphatic rings. The van der Waals surface area contributed by atoms with Crippen LogP contribution in [0.3, 0.4) is 0 Å². The number of rotatable bonds is 7. The molecule has 18 heavy (non-hydrogen) atoms. The lowest BCUT2D eigenvalue weighted by Crippen LogP contribution is -2.26. The Bertz CT molecular complexity index is 409. The first-order chi connectivity index (χ1) is 8.50. The summed E-state index contributed by atoms with van der Waals surface area (Å²) in [4.78, 5) is 10.4. The highest BCUT2D eigenvalue weighted by molar-refractivity contribution is 5.74. The van der Waals surface area contributed by atoms with E-state index >= 15 is 0 Å². The van der Waals surface area contributed by atoms with Crippen molar-refractivity contribution in [2.75, 3.05) is 19.8 Å². The van der Waals surface area contributed by atoms with Crippen LogP contribution in [0.1, 0.15) is 18.5 Å². The number of primary amides is 1. The fourth-order valence-corrected chi connectivity index (χ4v) is 1.53. The van der Waals surface area contributed by atoms with Gasteiger partial charge in [-0.15, -0.1) is 0 Å². The van der Waals surface area contributed by atoms with Crippen LogP contribution in [0.5, 0.6) is 11.5 Å². The van der Waals surface area contributed by atoms with Gasteiger partial charge in [-0.3, -0.25) is 4.79 Å². The molecule has 0 saturated heterocycles. The summed E-state index contributed by atoms with van der Waals surface area (Å²) in [7, 11) is 0. The zero-order valence-electron chi connectivity index (χ0n) is 10.2. The monoisotopic (exact) mass is 254 g/mol. The molecule has 0 fully saturated rings. The van der Waals surface area contributed by atoms with E-state index in [0.717, 1.165) is 0 Å². The SMILES string of the molecule is CC(NCCOCC(N)=O)c1ccc(O)cc1O. The van der Waals surface area contributed by atoms with E-state index in [4.69, 9.17) is 10.5 Å². The first-order valence-electron chi connectivity index (χ1n) is 5.62. The van der Waals surface area contributed by atoms with Gasteiger partial charge in [0.05, 0.1) is 6.61 Å². The normalized spacial score (nSPS) is 12.3. The highest BCUT2D eigenvalue weighted by atomic mass is 16.5. The van der Waals surface area contributed by atoms with E-state index < -0.39 is 5.91 Å². The summed E-state index contributed by atoms with van der Waals surface area (Å²) < 4.78 is 4.99. The van der Waals surface area contributed by atoms with Crippen molar-refractivity contribution in [2.45, 2.75) is 13.0 Å². The Morgan fingerprint density at radius 1 is 1.50 bits per heavy atom. The number of aromatic hydroxyl groups is 2. The fraction of sp³-hybridized carbons (Fsp3) is 0.417. The predicted octanol–water partition coefficient (Wildman–Crippen LogP) is 0.250. The van der Waals surface area contributed by atoms with Gasteiger partial charge in [0.15, 0.2) is 0 Å². The number of nitrogens with two attached hydrogens (primary N) is 1. The standard InChI is InChI=1S/C12H18N2O4/c1-8(14-4-5-18-7-12(13)17)10-3-2-9(15)6-11(10)16/h2-3,6,8,14-16H,4-5,7H2,1H3,(H2,13,17). The summed E-state index contributed by atoms with van der Waals surface area (Å²) in [6, 6.07) is 4.35. The van der Waals surface area contributed by atoms with Crippen LogP contribution in [-0.2, 0) is 9.53 Å². The lowest BCUT2D eigenvalue weighted by molar-refractivity contribution is -0.122. The third-order valence-electron chi connectivity index (χ3n) is 2.42. The van der Waals surface area contributed by atoms with Crippen molar-refractivity contribution in [1.29, 1.82) is 0 Å². The summed E-state index contributed by atoms with van der Waals surface area (Å²) in [6.45, 7) is 2.65. The smallest absolute Gasteiger partial charge is 0.243 e. The van der Waals surface area contributed by atoms with Gasteiger partial charge in [-0.1, -0.05) is 6.07 Å². The van der Waals surface area contributed by atoms with E-state index in [2.05, 4.69) is 5.32 Å². The van der Waals surface area contributed by atoms with Gasteiger partial charge in [0, 0.05) is 24.2 Å². The second-order valence-corrected chi connectivity index (χ2v) is 3.94. The molecule has 1 amide bonds. The van der Waals surface area contributed by atoms with Crippen molar-refractivity contribution >= 4 is 5.91 Å². The molecule has 5 N–H and O–H groups in total. The number of phenolic OH excluding ortho intramolecular Hbond substituents is 2. The molecule has 1 atom stereocenters. The minimum absolute atomic E-state index is 0.0215. The van der Waals surface area contributed by atoms with Crippen LogP contribution in [0.2, 0.25) is 0 Å². The van der Waals surface area contributed by atoms with Crippen LogP contribution in [0.25, 0.3) is 0 Å². The molecule has 6 nitrogen and oxygen atoms in total. The van der Waals surface area contributed by atoms with Crippen LogP contribution in [0.4, 0.5) is 0 Å². The number of phenols is 2. The average Bonchev–Trinajstić information content (AvgIpc) is 2.27. The molecule has 1 unspecified atom stereocenters. The predicted molar refractivity (Wildman–Crippen MR) is 66.2 cm³/mol.